The molecule has 2 aromatic heterocycles. The van der Waals surface area contributed by atoms with Gasteiger partial charge in [-0.2, -0.15) is 0 Å². The van der Waals surface area contributed by atoms with E-state index in [0.29, 0.717) is 5.92 Å². The topological polar surface area (TPSA) is 21.1 Å². The van der Waals surface area contributed by atoms with Crippen molar-refractivity contribution >= 4 is 10.9 Å². The van der Waals surface area contributed by atoms with Crippen molar-refractivity contribution in [1.29, 1.82) is 0 Å². The number of nitrogens with zero attached hydrogens (tertiary/aromatic N) is 3. The number of hydrogen-bond acceptors (Lipinski definition) is 2. The van der Waals surface area contributed by atoms with Crippen LogP contribution in [-0.2, 0) is 0 Å². The van der Waals surface area contributed by atoms with Gasteiger partial charge in [-0.1, -0.05) is 18.2 Å². The number of aromatic nitrogens is 2. The van der Waals surface area contributed by atoms with Crippen molar-refractivity contribution in [2.75, 3.05) is 13.1 Å². The minimum absolute atomic E-state index is 0.657. The fourth-order valence-corrected chi connectivity index (χ4v) is 4.75. The van der Waals surface area contributed by atoms with Crippen LogP contribution < -0.4 is 0 Å². The van der Waals surface area contributed by atoms with Gasteiger partial charge in [-0.15, -0.1) is 0 Å². The largest absolute Gasteiger partial charge is 0.313 e. The number of fused-ring (bicyclic) bond motifs is 2. The molecule has 2 atom stereocenters. The lowest BCUT2D eigenvalue weighted by atomic mass is 9.88. The summed E-state index contributed by atoms with van der Waals surface area (Å²) in [5.74, 6) is 0.657. The third-order valence-corrected chi connectivity index (χ3v) is 5.90. The first-order chi connectivity index (χ1) is 11.9. The van der Waals surface area contributed by atoms with Crippen molar-refractivity contribution in [2.24, 2.45) is 0 Å². The Morgan fingerprint density at radius 1 is 0.958 bits per heavy atom. The van der Waals surface area contributed by atoms with Crippen molar-refractivity contribution in [2.45, 2.75) is 37.6 Å². The van der Waals surface area contributed by atoms with Crippen molar-refractivity contribution < 1.29 is 0 Å². The Labute approximate surface area is 142 Å². The highest BCUT2D eigenvalue weighted by Crippen LogP contribution is 2.39. The second-order valence-electron chi connectivity index (χ2n) is 7.22. The molecule has 3 nitrogen and oxygen atoms in total. The van der Waals surface area contributed by atoms with Gasteiger partial charge in [0.25, 0.3) is 0 Å². The number of benzene rings is 1. The molecule has 0 aliphatic carbocycles. The van der Waals surface area contributed by atoms with E-state index in [0.717, 1.165) is 6.04 Å². The summed E-state index contributed by atoms with van der Waals surface area (Å²) in [6.07, 6.45) is 9.14. The summed E-state index contributed by atoms with van der Waals surface area (Å²) in [6.45, 7) is 2.57. The van der Waals surface area contributed by atoms with Crippen LogP contribution in [0.25, 0.3) is 16.6 Å². The summed E-state index contributed by atoms with van der Waals surface area (Å²) in [5, 5.41) is 1.35. The molecule has 2 saturated heterocycles. The molecule has 3 heteroatoms. The van der Waals surface area contributed by atoms with Gasteiger partial charge in [0.2, 0.25) is 0 Å². The fourth-order valence-electron chi connectivity index (χ4n) is 4.75. The maximum absolute atomic E-state index is 4.20. The van der Waals surface area contributed by atoms with Gasteiger partial charge in [-0.05, 0) is 63.0 Å². The van der Waals surface area contributed by atoms with Gasteiger partial charge in [-0.25, -0.2) is 0 Å². The average Bonchev–Trinajstić information content (AvgIpc) is 3.26. The van der Waals surface area contributed by atoms with E-state index in [1.165, 1.54) is 61.1 Å². The van der Waals surface area contributed by atoms with Gasteiger partial charge in [0.1, 0.15) is 0 Å². The monoisotopic (exact) mass is 317 g/mol. The molecule has 4 heterocycles. The van der Waals surface area contributed by atoms with Crippen LogP contribution in [0.15, 0.2) is 54.9 Å². The van der Waals surface area contributed by atoms with E-state index >= 15 is 0 Å². The van der Waals surface area contributed by atoms with Gasteiger partial charge < -0.3 is 9.47 Å². The quantitative estimate of drug-likeness (QED) is 0.700. The van der Waals surface area contributed by atoms with E-state index in [1.807, 2.05) is 12.4 Å². The van der Waals surface area contributed by atoms with Crippen LogP contribution in [0.4, 0.5) is 0 Å². The van der Waals surface area contributed by atoms with Gasteiger partial charge in [0.15, 0.2) is 0 Å². The van der Waals surface area contributed by atoms with Gasteiger partial charge >= 0.3 is 0 Å². The Bertz CT molecular complexity index is 852. The van der Waals surface area contributed by atoms with Gasteiger partial charge in [0, 0.05) is 41.1 Å². The van der Waals surface area contributed by atoms with E-state index in [-0.39, 0.29) is 0 Å². The van der Waals surface area contributed by atoms with Crippen LogP contribution in [0.1, 0.15) is 37.3 Å². The smallest absolute Gasteiger partial charge is 0.0531 e. The van der Waals surface area contributed by atoms with Crippen LogP contribution >= 0.6 is 0 Å². The Kier molecular flexibility index (Phi) is 3.41. The highest BCUT2D eigenvalue weighted by molar-refractivity contribution is 5.83. The summed E-state index contributed by atoms with van der Waals surface area (Å²) in [7, 11) is 0. The molecule has 3 aromatic rings. The number of hydrogen-bond donors (Lipinski definition) is 0. The van der Waals surface area contributed by atoms with E-state index in [2.05, 4.69) is 56.9 Å². The van der Waals surface area contributed by atoms with Crippen molar-refractivity contribution in [3.63, 3.8) is 0 Å². The van der Waals surface area contributed by atoms with E-state index in [4.69, 9.17) is 0 Å². The van der Waals surface area contributed by atoms with E-state index in [1.54, 1.807) is 0 Å². The Morgan fingerprint density at radius 2 is 1.83 bits per heavy atom. The van der Waals surface area contributed by atoms with Gasteiger partial charge in [-0.3, -0.25) is 4.98 Å². The Balaban J connectivity index is 1.63. The number of pyridine rings is 1. The summed E-state index contributed by atoms with van der Waals surface area (Å²) < 4.78 is 2.46. The second-order valence-corrected chi connectivity index (χ2v) is 7.22. The van der Waals surface area contributed by atoms with E-state index < -0.39 is 0 Å². The molecule has 0 amide bonds. The predicted octanol–water partition coefficient (Wildman–Crippen LogP) is 4.37. The highest BCUT2D eigenvalue weighted by atomic mass is 15.2. The molecule has 2 fully saturated rings. The molecule has 2 aliphatic heterocycles. The van der Waals surface area contributed by atoms with Crippen molar-refractivity contribution in [3.05, 3.63) is 60.6 Å². The molecule has 122 valence electrons. The first-order valence-corrected chi connectivity index (χ1v) is 9.15. The molecule has 0 spiro atoms. The third-order valence-electron chi connectivity index (χ3n) is 5.90. The lowest BCUT2D eigenvalue weighted by Crippen LogP contribution is -2.37. The molecule has 24 heavy (non-hydrogen) atoms. The molecule has 2 aliphatic rings. The lowest BCUT2D eigenvalue weighted by molar-refractivity contribution is 0.179. The second kappa shape index (κ2) is 5.75. The molecule has 0 bridgehead atoms. The van der Waals surface area contributed by atoms with E-state index in [9.17, 15) is 0 Å². The van der Waals surface area contributed by atoms with Crippen molar-refractivity contribution in [3.8, 4) is 5.69 Å². The van der Waals surface area contributed by atoms with Crippen LogP contribution in [0.2, 0.25) is 0 Å². The van der Waals surface area contributed by atoms with Crippen LogP contribution in [-0.4, -0.2) is 33.6 Å². The first kappa shape index (κ1) is 14.2. The summed E-state index contributed by atoms with van der Waals surface area (Å²) in [5.41, 5.74) is 4.02. The number of piperidine rings is 1. The molecule has 1 aromatic carbocycles. The first-order valence-electron chi connectivity index (χ1n) is 9.15. The highest BCUT2D eigenvalue weighted by Gasteiger charge is 2.33. The summed E-state index contributed by atoms with van der Waals surface area (Å²) in [6, 6.07) is 16.2. The Morgan fingerprint density at radius 3 is 2.75 bits per heavy atom. The minimum Gasteiger partial charge on any atom is -0.313 e. The molecule has 5 rings (SSSR count). The summed E-state index contributed by atoms with van der Waals surface area (Å²) >= 11 is 0. The van der Waals surface area contributed by atoms with Gasteiger partial charge in [0.05, 0.1) is 5.52 Å². The summed E-state index contributed by atoms with van der Waals surface area (Å²) in [4.78, 5) is 6.91. The standard InChI is InChI=1S/C21H23N3/c1-2-6-20-16(4-1)15-21(24(20)18-7-10-22-11-8-18)17-9-13-23-12-3-5-19(23)14-17/h1-2,4,6-8,10-11,15,17,19H,3,5,9,12-14H2. The zero-order valence-corrected chi connectivity index (χ0v) is 13.9. The molecule has 0 radical (unpaired) electrons. The van der Waals surface area contributed by atoms with Crippen LogP contribution in [0.3, 0.4) is 0 Å². The minimum atomic E-state index is 0.657. The molecule has 0 saturated carbocycles. The average molecular weight is 317 g/mol. The maximum Gasteiger partial charge on any atom is 0.0531 e. The molecular weight excluding hydrogens is 294 g/mol. The maximum atomic E-state index is 4.20. The molecule has 0 N–H and O–H groups in total. The predicted molar refractivity (Wildman–Crippen MR) is 97.6 cm³/mol. The Hall–Kier alpha value is -2.13. The third kappa shape index (κ3) is 2.27. The number of para-hydroxylation sites is 1. The lowest BCUT2D eigenvalue weighted by Gasteiger charge is -2.35. The van der Waals surface area contributed by atoms with Crippen LogP contribution in [0.5, 0.6) is 0 Å². The number of rotatable bonds is 2. The zero-order chi connectivity index (χ0) is 15.9. The SMILES string of the molecule is c1ccc2c(c1)cc(C1CCN3CCCC3C1)n2-c1ccncc1. The zero-order valence-electron chi connectivity index (χ0n) is 13.9. The fraction of sp³-hybridized carbons (Fsp3) is 0.381. The molecular formula is C21H23N3. The van der Waals surface area contributed by atoms with Crippen molar-refractivity contribution in [1.82, 2.24) is 14.5 Å². The van der Waals surface area contributed by atoms with Crippen LogP contribution in [0, 0.1) is 0 Å². The normalized spacial score (nSPS) is 24.3. The molecule has 2 unspecified atom stereocenters.